The summed E-state index contributed by atoms with van der Waals surface area (Å²) in [5.74, 6) is -1.86. The summed E-state index contributed by atoms with van der Waals surface area (Å²) in [5, 5.41) is 3.27. The summed E-state index contributed by atoms with van der Waals surface area (Å²) in [6.45, 7) is 1.80. The quantitative estimate of drug-likeness (QED) is 0.911. The minimum atomic E-state index is -0.802. The number of carbonyl (C=O) groups is 1. The molecule has 112 valence electrons. The maximum Gasteiger partial charge on any atom is 0.256 e. The van der Waals surface area contributed by atoms with E-state index in [0.29, 0.717) is 0 Å². The molecule has 1 aromatic rings. The van der Waals surface area contributed by atoms with E-state index in [1.165, 1.54) is 6.07 Å². The van der Waals surface area contributed by atoms with Gasteiger partial charge in [-0.15, -0.1) is 12.4 Å². The molecule has 20 heavy (non-hydrogen) atoms. The first-order chi connectivity index (χ1) is 9.09. The van der Waals surface area contributed by atoms with Crippen LogP contribution in [-0.2, 0) is 0 Å². The van der Waals surface area contributed by atoms with Crippen LogP contribution in [0.1, 0.15) is 29.6 Å². The van der Waals surface area contributed by atoms with Crippen molar-refractivity contribution in [2.24, 2.45) is 0 Å². The highest BCUT2D eigenvalue weighted by molar-refractivity contribution is 5.94. The molecule has 1 aliphatic rings. The Balaban J connectivity index is 0.00000200. The van der Waals surface area contributed by atoms with Crippen LogP contribution in [-0.4, -0.2) is 37.0 Å². The van der Waals surface area contributed by atoms with E-state index in [1.54, 1.807) is 11.9 Å². The van der Waals surface area contributed by atoms with Crippen LogP contribution < -0.4 is 5.32 Å². The third-order valence-electron chi connectivity index (χ3n) is 3.57. The van der Waals surface area contributed by atoms with Crippen molar-refractivity contribution in [1.82, 2.24) is 10.2 Å². The number of hydrogen-bond acceptors (Lipinski definition) is 2. The van der Waals surface area contributed by atoms with Crippen molar-refractivity contribution in [3.63, 3.8) is 0 Å². The van der Waals surface area contributed by atoms with Crippen LogP contribution in [0.2, 0.25) is 0 Å². The van der Waals surface area contributed by atoms with Crippen LogP contribution >= 0.6 is 12.4 Å². The van der Waals surface area contributed by atoms with Crippen LogP contribution in [0.25, 0.3) is 0 Å². The third kappa shape index (κ3) is 3.90. The van der Waals surface area contributed by atoms with E-state index < -0.39 is 11.6 Å². The number of amides is 1. The van der Waals surface area contributed by atoms with Crippen molar-refractivity contribution >= 4 is 18.3 Å². The van der Waals surface area contributed by atoms with Crippen molar-refractivity contribution in [2.45, 2.75) is 25.3 Å². The Bertz CT molecular complexity index is 462. The van der Waals surface area contributed by atoms with Crippen LogP contribution in [0, 0.1) is 11.6 Å². The molecule has 1 heterocycles. The molecule has 1 amide bonds. The highest BCUT2D eigenvalue weighted by Crippen LogP contribution is 2.17. The van der Waals surface area contributed by atoms with Gasteiger partial charge in [-0.2, -0.15) is 0 Å². The Morgan fingerprint density at radius 3 is 2.75 bits per heavy atom. The highest BCUT2D eigenvalue weighted by atomic mass is 35.5. The van der Waals surface area contributed by atoms with Crippen LogP contribution in [0.15, 0.2) is 18.2 Å². The number of nitrogens with zero attached hydrogens (tertiary/aromatic N) is 1. The molecular weight excluding hydrogens is 286 g/mol. The SMILES string of the molecule is CN(C(=O)c1ccc(F)cc1F)C1CCCNCC1.Cl. The van der Waals surface area contributed by atoms with Gasteiger partial charge >= 0.3 is 0 Å². The third-order valence-corrected chi connectivity index (χ3v) is 3.57. The fourth-order valence-corrected chi connectivity index (χ4v) is 2.41. The zero-order valence-corrected chi connectivity index (χ0v) is 12.2. The Hall–Kier alpha value is -1.20. The Morgan fingerprint density at radius 2 is 2.05 bits per heavy atom. The van der Waals surface area contributed by atoms with Gasteiger partial charge in [-0.1, -0.05) is 0 Å². The van der Waals surface area contributed by atoms with Crippen molar-refractivity contribution < 1.29 is 13.6 Å². The molecule has 0 bridgehead atoms. The summed E-state index contributed by atoms with van der Waals surface area (Å²) in [6, 6.07) is 3.17. The molecule has 0 spiro atoms. The number of hydrogen-bond donors (Lipinski definition) is 1. The maximum absolute atomic E-state index is 13.6. The van der Waals surface area contributed by atoms with Crippen molar-refractivity contribution in [1.29, 1.82) is 0 Å². The Morgan fingerprint density at radius 1 is 1.30 bits per heavy atom. The number of rotatable bonds is 2. The average Bonchev–Trinajstić information content (AvgIpc) is 2.66. The first-order valence-corrected chi connectivity index (χ1v) is 6.52. The molecule has 1 unspecified atom stereocenters. The van der Waals surface area contributed by atoms with E-state index in [4.69, 9.17) is 0 Å². The van der Waals surface area contributed by atoms with E-state index in [9.17, 15) is 13.6 Å². The summed E-state index contributed by atoms with van der Waals surface area (Å²) in [4.78, 5) is 13.8. The van der Waals surface area contributed by atoms with Crippen molar-refractivity contribution in [3.05, 3.63) is 35.4 Å². The summed E-state index contributed by atoms with van der Waals surface area (Å²) >= 11 is 0. The minimum Gasteiger partial charge on any atom is -0.339 e. The van der Waals surface area contributed by atoms with E-state index >= 15 is 0 Å². The minimum absolute atomic E-state index is 0. The fourth-order valence-electron chi connectivity index (χ4n) is 2.41. The molecule has 2 rings (SSSR count). The summed E-state index contributed by atoms with van der Waals surface area (Å²) in [6.07, 6.45) is 2.75. The summed E-state index contributed by atoms with van der Waals surface area (Å²) in [7, 11) is 1.68. The van der Waals surface area contributed by atoms with E-state index in [1.807, 2.05) is 0 Å². The van der Waals surface area contributed by atoms with Crippen molar-refractivity contribution in [2.75, 3.05) is 20.1 Å². The number of benzene rings is 1. The molecule has 1 atom stereocenters. The second kappa shape index (κ2) is 7.55. The van der Waals surface area contributed by atoms with Crippen LogP contribution in [0.3, 0.4) is 0 Å². The standard InChI is InChI=1S/C14H18F2N2O.ClH/c1-18(11-3-2-7-17-8-6-11)14(19)12-5-4-10(15)9-13(12)16;/h4-5,9,11,17H,2-3,6-8H2,1H3;1H. The predicted molar refractivity (Wildman–Crippen MR) is 76.2 cm³/mol. The number of halogens is 3. The lowest BCUT2D eigenvalue weighted by atomic mass is 10.1. The predicted octanol–water partition coefficient (Wildman–Crippen LogP) is 2.60. The topological polar surface area (TPSA) is 32.3 Å². The van der Waals surface area contributed by atoms with Gasteiger partial charge in [-0.3, -0.25) is 4.79 Å². The molecule has 0 aromatic heterocycles. The van der Waals surface area contributed by atoms with E-state index in [0.717, 1.165) is 44.5 Å². The zero-order chi connectivity index (χ0) is 13.8. The maximum atomic E-state index is 13.6. The summed E-state index contributed by atoms with van der Waals surface area (Å²) < 4.78 is 26.5. The molecule has 6 heteroatoms. The molecule has 3 nitrogen and oxygen atoms in total. The molecule has 0 saturated carbocycles. The van der Waals surface area contributed by atoms with E-state index in [2.05, 4.69) is 5.32 Å². The smallest absolute Gasteiger partial charge is 0.256 e. The van der Waals surface area contributed by atoms with Gasteiger partial charge < -0.3 is 10.2 Å². The normalized spacial score (nSPS) is 18.9. The molecule has 1 saturated heterocycles. The average molecular weight is 305 g/mol. The zero-order valence-electron chi connectivity index (χ0n) is 11.4. The lowest BCUT2D eigenvalue weighted by Crippen LogP contribution is -2.38. The first kappa shape index (κ1) is 16.9. The molecule has 0 aliphatic carbocycles. The second-order valence-corrected chi connectivity index (χ2v) is 4.87. The molecule has 1 fully saturated rings. The van der Waals surface area contributed by atoms with Crippen molar-refractivity contribution in [3.8, 4) is 0 Å². The monoisotopic (exact) mass is 304 g/mol. The fraction of sp³-hybridized carbons (Fsp3) is 0.500. The summed E-state index contributed by atoms with van der Waals surface area (Å²) in [5.41, 5.74) is -0.0684. The van der Waals surface area contributed by atoms with Gasteiger partial charge in [0.2, 0.25) is 0 Å². The van der Waals surface area contributed by atoms with Crippen LogP contribution in [0.4, 0.5) is 8.78 Å². The van der Waals surface area contributed by atoms with Gasteiger partial charge in [-0.25, -0.2) is 8.78 Å². The Kier molecular flexibility index (Phi) is 6.36. The highest BCUT2D eigenvalue weighted by Gasteiger charge is 2.24. The lowest BCUT2D eigenvalue weighted by molar-refractivity contribution is 0.0715. The van der Waals surface area contributed by atoms with E-state index in [-0.39, 0.29) is 29.9 Å². The molecule has 0 radical (unpaired) electrons. The second-order valence-electron chi connectivity index (χ2n) is 4.87. The lowest BCUT2D eigenvalue weighted by Gasteiger charge is -2.27. The molecule has 1 N–H and O–H groups in total. The Labute approximate surface area is 123 Å². The number of nitrogens with one attached hydrogen (secondary N) is 1. The van der Waals surface area contributed by atoms with Crippen LogP contribution in [0.5, 0.6) is 0 Å². The van der Waals surface area contributed by atoms with Gasteiger partial charge in [0.05, 0.1) is 5.56 Å². The largest absolute Gasteiger partial charge is 0.339 e. The first-order valence-electron chi connectivity index (χ1n) is 6.52. The molecular formula is C14H19ClF2N2O. The van der Waals surface area contributed by atoms with Gasteiger partial charge in [0.15, 0.2) is 0 Å². The molecule has 1 aromatic carbocycles. The number of carbonyl (C=O) groups excluding carboxylic acids is 1. The van der Waals surface area contributed by atoms with Gasteiger partial charge in [-0.05, 0) is 44.5 Å². The van der Waals surface area contributed by atoms with Gasteiger partial charge in [0.1, 0.15) is 11.6 Å². The van der Waals surface area contributed by atoms with Gasteiger partial charge in [0, 0.05) is 19.2 Å². The molecule has 1 aliphatic heterocycles. The van der Waals surface area contributed by atoms with Gasteiger partial charge in [0.25, 0.3) is 5.91 Å².